The van der Waals surface area contributed by atoms with Crippen LogP contribution in [0.4, 0.5) is 24.5 Å². The Morgan fingerprint density at radius 1 is 1.03 bits per heavy atom. The number of nitrogens with one attached hydrogen (secondary N) is 3. The molecule has 0 aliphatic carbocycles. The van der Waals surface area contributed by atoms with Gasteiger partial charge in [0, 0.05) is 11.4 Å². The predicted molar refractivity (Wildman–Crippen MR) is 115 cm³/mol. The molecule has 0 heterocycles. The number of nitrogens with two attached hydrogens (primary N) is 1. The summed E-state index contributed by atoms with van der Waals surface area (Å²) in [7, 11) is 0. The number of carbonyl (C=O) groups is 2. The molecule has 2 rings (SSSR count). The first-order chi connectivity index (χ1) is 14.7. The molecule has 9 heteroatoms. The normalized spacial score (nSPS) is 12.2. The summed E-state index contributed by atoms with van der Waals surface area (Å²) in [6, 6.07) is 11.0. The Labute approximate surface area is 179 Å². The molecule has 0 bridgehead atoms. The number of aryl methyl sites for hydroxylation is 1. The van der Waals surface area contributed by atoms with Crippen molar-refractivity contribution >= 4 is 23.2 Å². The molecule has 1 atom stereocenters. The average molecular weight is 436 g/mol. The van der Waals surface area contributed by atoms with Crippen LogP contribution in [-0.2, 0) is 15.8 Å². The lowest BCUT2D eigenvalue weighted by Gasteiger charge is -2.19. The highest BCUT2D eigenvalue weighted by Crippen LogP contribution is 2.30. The Bertz CT molecular complexity index is 870. The molecule has 0 radical (unpaired) electrons. The van der Waals surface area contributed by atoms with Gasteiger partial charge < -0.3 is 21.7 Å². The molecule has 2 aromatic carbocycles. The standard InChI is InChI=1S/C22H27F3N4O2/c1-15-8-10-17(11-9-15)28-21(31)19(7-2-3-12-26)29-20(30)14-27-18-6-4-5-16(13-18)22(23,24)25/h4-6,8-11,13,19,27H,2-3,7,12,14,26H2,1H3,(H,28,31)(H,29,30)/t19-/m0/s1. The molecule has 2 amide bonds. The van der Waals surface area contributed by atoms with Gasteiger partial charge in [0.1, 0.15) is 6.04 Å². The van der Waals surface area contributed by atoms with Crippen LogP contribution in [0.1, 0.15) is 30.4 Å². The number of hydrogen-bond acceptors (Lipinski definition) is 4. The number of unbranched alkanes of at least 4 members (excludes halogenated alkanes) is 1. The third-order valence-electron chi connectivity index (χ3n) is 4.56. The summed E-state index contributed by atoms with van der Waals surface area (Å²) in [5, 5.41) is 8.08. The topological polar surface area (TPSA) is 96.2 Å². The lowest BCUT2D eigenvalue weighted by molar-refractivity contribution is -0.137. The maximum absolute atomic E-state index is 12.8. The van der Waals surface area contributed by atoms with Crippen molar-refractivity contribution in [3.8, 4) is 0 Å². The number of benzene rings is 2. The van der Waals surface area contributed by atoms with Gasteiger partial charge in [0.25, 0.3) is 0 Å². The molecule has 0 saturated carbocycles. The second-order valence-corrected chi connectivity index (χ2v) is 7.19. The Morgan fingerprint density at radius 2 is 1.74 bits per heavy atom. The number of rotatable bonds is 10. The molecule has 0 aromatic heterocycles. The summed E-state index contributed by atoms with van der Waals surface area (Å²) >= 11 is 0. The van der Waals surface area contributed by atoms with Crippen LogP contribution in [0.25, 0.3) is 0 Å². The van der Waals surface area contributed by atoms with Crippen molar-refractivity contribution in [2.45, 2.75) is 38.4 Å². The monoisotopic (exact) mass is 436 g/mol. The van der Waals surface area contributed by atoms with E-state index in [0.717, 1.165) is 17.7 Å². The fourth-order valence-electron chi connectivity index (χ4n) is 2.86. The van der Waals surface area contributed by atoms with Gasteiger partial charge in [-0.15, -0.1) is 0 Å². The molecule has 0 saturated heterocycles. The molecule has 0 aliphatic heterocycles. The molecular weight excluding hydrogens is 409 g/mol. The van der Waals surface area contributed by atoms with Crippen LogP contribution in [0.2, 0.25) is 0 Å². The number of halogens is 3. The molecule has 0 unspecified atom stereocenters. The smallest absolute Gasteiger partial charge is 0.376 e. The van der Waals surface area contributed by atoms with Gasteiger partial charge >= 0.3 is 6.18 Å². The highest BCUT2D eigenvalue weighted by Gasteiger charge is 2.30. The lowest BCUT2D eigenvalue weighted by Crippen LogP contribution is -2.45. The van der Waals surface area contributed by atoms with Crippen LogP contribution >= 0.6 is 0 Å². The van der Waals surface area contributed by atoms with Crippen LogP contribution in [0.15, 0.2) is 48.5 Å². The lowest BCUT2D eigenvalue weighted by atomic mass is 10.1. The van der Waals surface area contributed by atoms with Crippen molar-refractivity contribution < 1.29 is 22.8 Å². The number of carbonyl (C=O) groups excluding carboxylic acids is 2. The van der Waals surface area contributed by atoms with E-state index in [2.05, 4.69) is 16.0 Å². The van der Waals surface area contributed by atoms with E-state index in [1.54, 1.807) is 12.1 Å². The number of amides is 2. The van der Waals surface area contributed by atoms with Crippen molar-refractivity contribution in [1.29, 1.82) is 0 Å². The first-order valence-electron chi connectivity index (χ1n) is 9.97. The van der Waals surface area contributed by atoms with Crippen LogP contribution < -0.4 is 21.7 Å². The second-order valence-electron chi connectivity index (χ2n) is 7.19. The van der Waals surface area contributed by atoms with E-state index in [-0.39, 0.29) is 18.1 Å². The van der Waals surface area contributed by atoms with E-state index in [9.17, 15) is 22.8 Å². The van der Waals surface area contributed by atoms with Crippen molar-refractivity contribution in [3.05, 3.63) is 59.7 Å². The van der Waals surface area contributed by atoms with Crippen molar-refractivity contribution in [2.24, 2.45) is 5.73 Å². The van der Waals surface area contributed by atoms with Gasteiger partial charge in [-0.1, -0.05) is 23.8 Å². The minimum absolute atomic E-state index is 0.161. The van der Waals surface area contributed by atoms with Crippen molar-refractivity contribution in [1.82, 2.24) is 5.32 Å². The third-order valence-corrected chi connectivity index (χ3v) is 4.56. The molecule has 2 aromatic rings. The van der Waals surface area contributed by atoms with Gasteiger partial charge in [-0.05, 0) is 63.1 Å². The van der Waals surface area contributed by atoms with Crippen LogP contribution in [0, 0.1) is 6.92 Å². The highest BCUT2D eigenvalue weighted by atomic mass is 19.4. The SMILES string of the molecule is Cc1ccc(NC(=O)[C@H](CCCCN)NC(=O)CNc2cccc(C(F)(F)F)c2)cc1. The van der Waals surface area contributed by atoms with E-state index in [1.165, 1.54) is 12.1 Å². The fraction of sp³-hybridized carbons (Fsp3) is 0.364. The van der Waals surface area contributed by atoms with Gasteiger partial charge in [0.15, 0.2) is 0 Å². The Hall–Kier alpha value is -3.07. The summed E-state index contributed by atoms with van der Waals surface area (Å²) in [5.74, 6) is -0.873. The molecule has 0 fully saturated rings. The first-order valence-corrected chi connectivity index (χ1v) is 9.97. The largest absolute Gasteiger partial charge is 0.416 e. The number of anilines is 2. The van der Waals surface area contributed by atoms with Crippen molar-refractivity contribution in [3.63, 3.8) is 0 Å². The zero-order valence-electron chi connectivity index (χ0n) is 17.3. The van der Waals surface area contributed by atoms with E-state index in [1.807, 2.05) is 19.1 Å². The summed E-state index contributed by atoms with van der Waals surface area (Å²) in [4.78, 5) is 25.0. The summed E-state index contributed by atoms with van der Waals surface area (Å²) in [6.07, 6.45) is -2.73. The van der Waals surface area contributed by atoms with E-state index >= 15 is 0 Å². The van der Waals surface area contributed by atoms with Crippen molar-refractivity contribution in [2.75, 3.05) is 23.7 Å². The van der Waals surface area contributed by atoms with Gasteiger partial charge in [0.2, 0.25) is 11.8 Å². The molecule has 5 N–H and O–H groups in total. The predicted octanol–water partition coefficient (Wildman–Crippen LogP) is 3.68. The van der Waals surface area contributed by atoms with Gasteiger partial charge in [-0.2, -0.15) is 13.2 Å². The molecule has 168 valence electrons. The molecule has 0 spiro atoms. The number of hydrogen-bond donors (Lipinski definition) is 4. The maximum Gasteiger partial charge on any atom is 0.416 e. The quantitative estimate of drug-likeness (QED) is 0.427. The van der Waals surface area contributed by atoms with Crippen LogP contribution in [-0.4, -0.2) is 30.9 Å². The molecule has 6 nitrogen and oxygen atoms in total. The third kappa shape index (κ3) is 8.29. The Kier molecular flexibility index (Phi) is 8.87. The number of alkyl halides is 3. The summed E-state index contributed by atoms with van der Waals surface area (Å²) in [5.41, 5.74) is 6.51. The van der Waals surface area contributed by atoms with E-state index in [4.69, 9.17) is 5.73 Å². The molecule has 31 heavy (non-hydrogen) atoms. The maximum atomic E-state index is 12.8. The summed E-state index contributed by atoms with van der Waals surface area (Å²) in [6.45, 7) is 2.13. The Morgan fingerprint density at radius 3 is 2.39 bits per heavy atom. The van der Waals surface area contributed by atoms with E-state index in [0.29, 0.717) is 31.5 Å². The minimum atomic E-state index is -4.47. The van der Waals surface area contributed by atoms with Crippen LogP contribution in [0.3, 0.4) is 0 Å². The first kappa shape index (κ1) is 24.2. The Balaban J connectivity index is 1.96. The molecule has 0 aliphatic rings. The highest BCUT2D eigenvalue weighted by molar-refractivity contribution is 5.97. The zero-order chi connectivity index (χ0) is 22.9. The van der Waals surface area contributed by atoms with Gasteiger partial charge in [-0.25, -0.2) is 0 Å². The second kappa shape index (κ2) is 11.4. The fourth-order valence-corrected chi connectivity index (χ4v) is 2.86. The van der Waals surface area contributed by atoms with Crippen LogP contribution in [0.5, 0.6) is 0 Å². The van der Waals surface area contributed by atoms with Gasteiger partial charge in [0.05, 0.1) is 12.1 Å². The molecular formula is C22H27F3N4O2. The minimum Gasteiger partial charge on any atom is -0.376 e. The average Bonchev–Trinajstić information content (AvgIpc) is 2.73. The van der Waals surface area contributed by atoms with Gasteiger partial charge in [-0.3, -0.25) is 9.59 Å². The summed E-state index contributed by atoms with van der Waals surface area (Å²) < 4.78 is 38.4. The zero-order valence-corrected chi connectivity index (χ0v) is 17.3. The van der Waals surface area contributed by atoms with E-state index < -0.39 is 23.7 Å².